The van der Waals surface area contributed by atoms with Gasteiger partial charge in [-0.2, -0.15) is 13.2 Å². The van der Waals surface area contributed by atoms with Crippen LogP contribution >= 0.6 is 11.6 Å². The van der Waals surface area contributed by atoms with Crippen molar-refractivity contribution in [2.24, 2.45) is 5.92 Å². The highest BCUT2D eigenvalue weighted by atomic mass is 35.5. The molecule has 0 spiro atoms. The SMILES string of the molecule is O=C(O)[C@H]1CN(CC(F)(F)F)CC[C@@H]1c1ccccc1Cl. The van der Waals surface area contributed by atoms with Crippen LogP contribution in [0.2, 0.25) is 5.02 Å². The van der Waals surface area contributed by atoms with Gasteiger partial charge in [-0.25, -0.2) is 0 Å². The highest BCUT2D eigenvalue weighted by molar-refractivity contribution is 6.31. The van der Waals surface area contributed by atoms with Crippen molar-refractivity contribution in [1.82, 2.24) is 4.90 Å². The van der Waals surface area contributed by atoms with Crippen LogP contribution < -0.4 is 0 Å². The number of piperidine rings is 1. The van der Waals surface area contributed by atoms with Crippen molar-refractivity contribution in [3.05, 3.63) is 34.9 Å². The molecule has 0 unspecified atom stereocenters. The second-order valence-corrected chi connectivity index (χ2v) is 5.62. The van der Waals surface area contributed by atoms with E-state index in [0.29, 0.717) is 17.0 Å². The summed E-state index contributed by atoms with van der Waals surface area (Å²) in [6, 6.07) is 6.89. The van der Waals surface area contributed by atoms with Gasteiger partial charge in [-0.15, -0.1) is 0 Å². The van der Waals surface area contributed by atoms with Crippen LogP contribution in [0.1, 0.15) is 17.9 Å². The number of benzene rings is 1. The van der Waals surface area contributed by atoms with Crippen LogP contribution in [0, 0.1) is 5.92 Å². The highest BCUT2D eigenvalue weighted by Gasteiger charge is 2.39. The molecule has 0 aliphatic carbocycles. The van der Waals surface area contributed by atoms with Crippen molar-refractivity contribution in [3.63, 3.8) is 0 Å². The third kappa shape index (κ3) is 4.11. The van der Waals surface area contributed by atoms with Gasteiger partial charge in [-0.1, -0.05) is 29.8 Å². The smallest absolute Gasteiger partial charge is 0.401 e. The van der Waals surface area contributed by atoms with Crippen LogP contribution in [0.25, 0.3) is 0 Å². The zero-order chi connectivity index (χ0) is 15.6. The Morgan fingerprint density at radius 2 is 2.05 bits per heavy atom. The van der Waals surface area contributed by atoms with Crippen molar-refractivity contribution >= 4 is 17.6 Å². The predicted octanol–water partition coefficient (Wildman–Crippen LogP) is 3.39. The summed E-state index contributed by atoms with van der Waals surface area (Å²) < 4.78 is 37.3. The van der Waals surface area contributed by atoms with Crippen LogP contribution in [0.3, 0.4) is 0 Å². The van der Waals surface area contributed by atoms with Gasteiger partial charge in [-0.3, -0.25) is 9.69 Å². The number of aliphatic carboxylic acids is 1. The van der Waals surface area contributed by atoms with Crippen LogP contribution in [0.4, 0.5) is 13.2 Å². The minimum Gasteiger partial charge on any atom is -0.481 e. The third-order valence-corrected chi connectivity index (χ3v) is 4.07. The minimum atomic E-state index is -4.32. The summed E-state index contributed by atoms with van der Waals surface area (Å²) in [6.07, 6.45) is -3.98. The average molecular weight is 322 g/mol. The molecular weight excluding hydrogens is 307 g/mol. The molecule has 2 rings (SSSR count). The van der Waals surface area contributed by atoms with Gasteiger partial charge in [0.2, 0.25) is 0 Å². The Bertz CT molecular complexity index is 521. The Kier molecular flexibility index (Phi) is 4.78. The summed E-state index contributed by atoms with van der Waals surface area (Å²) in [5, 5.41) is 9.78. The van der Waals surface area contributed by atoms with E-state index in [1.165, 1.54) is 0 Å². The summed E-state index contributed by atoms with van der Waals surface area (Å²) in [7, 11) is 0. The maximum absolute atomic E-state index is 12.4. The van der Waals surface area contributed by atoms with Gasteiger partial charge in [0.1, 0.15) is 0 Å². The summed E-state index contributed by atoms with van der Waals surface area (Å²) in [5.74, 6) is -2.34. The minimum absolute atomic E-state index is 0.120. The molecule has 1 aliphatic rings. The molecule has 3 nitrogen and oxygen atoms in total. The van der Waals surface area contributed by atoms with Crippen molar-refractivity contribution < 1.29 is 23.1 Å². The molecule has 1 heterocycles. The molecule has 1 fully saturated rings. The van der Waals surface area contributed by atoms with E-state index in [-0.39, 0.29) is 19.0 Å². The monoisotopic (exact) mass is 321 g/mol. The fourth-order valence-electron chi connectivity index (χ4n) is 2.81. The molecule has 1 aliphatic heterocycles. The molecule has 1 saturated heterocycles. The highest BCUT2D eigenvalue weighted by Crippen LogP contribution is 2.37. The predicted molar refractivity (Wildman–Crippen MR) is 72.4 cm³/mol. The maximum atomic E-state index is 12.4. The van der Waals surface area contributed by atoms with E-state index in [4.69, 9.17) is 11.6 Å². The molecule has 1 aromatic rings. The zero-order valence-electron chi connectivity index (χ0n) is 11.1. The van der Waals surface area contributed by atoms with E-state index in [0.717, 1.165) is 4.90 Å². The molecule has 0 radical (unpaired) electrons. The van der Waals surface area contributed by atoms with Gasteiger partial charge in [0, 0.05) is 17.5 Å². The average Bonchev–Trinajstić information content (AvgIpc) is 2.37. The van der Waals surface area contributed by atoms with Crippen molar-refractivity contribution in [2.75, 3.05) is 19.6 Å². The van der Waals surface area contributed by atoms with E-state index in [1.54, 1.807) is 24.3 Å². The van der Waals surface area contributed by atoms with E-state index < -0.39 is 24.6 Å². The molecule has 1 N–H and O–H groups in total. The van der Waals surface area contributed by atoms with Crippen molar-refractivity contribution in [2.45, 2.75) is 18.5 Å². The maximum Gasteiger partial charge on any atom is 0.401 e. The number of carboxylic acid groups (broad SMARTS) is 1. The molecule has 0 amide bonds. The lowest BCUT2D eigenvalue weighted by Crippen LogP contribution is -2.46. The summed E-state index contributed by atoms with van der Waals surface area (Å²) >= 11 is 6.08. The largest absolute Gasteiger partial charge is 0.481 e. The number of carboxylic acids is 1. The van der Waals surface area contributed by atoms with E-state index >= 15 is 0 Å². The Hall–Kier alpha value is -1.27. The van der Waals surface area contributed by atoms with Crippen molar-refractivity contribution in [3.8, 4) is 0 Å². The Labute approximate surface area is 125 Å². The molecule has 7 heteroatoms. The first kappa shape index (κ1) is 16.1. The molecule has 2 atom stereocenters. The molecule has 0 saturated carbocycles. The number of likely N-dealkylation sites (tertiary alicyclic amines) is 1. The zero-order valence-corrected chi connectivity index (χ0v) is 11.9. The molecule has 0 bridgehead atoms. The van der Waals surface area contributed by atoms with Crippen LogP contribution in [0.15, 0.2) is 24.3 Å². The quantitative estimate of drug-likeness (QED) is 0.927. The second-order valence-electron chi connectivity index (χ2n) is 5.21. The van der Waals surface area contributed by atoms with Gasteiger partial charge in [0.25, 0.3) is 0 Å². The molecule has 0 aromatic heterocycles. The van der Waals surface area contributed by atoms with E-state index in [9.17, 15) is 23.1 Å². The summed E-state index contributed by atoms with van der Waals surface area (Å²) in [5.41, 5.74) is 0.693. The second kappa shape index (κ2) is 6.23. The molecule has 21 heavy (non-hydrogen) atoms. The van der Waals surface area contributed by atoms with Crippen LogP contribution in [0.5, 0.6) is 0 Å². The van der Waals surface area contributed by atoms with Crippen LogP contribution in [-0.2, 0) is 4.79 Å². The summed E-state index contributed by atoms with van der Waals surface area (Å²) in [6.45, 7) is -0.990. The van der Waals surface area contributed by atoms with Gasteiger partial charge in [-0.05, 0) is 24.6 Å². The standard InChI is InChI=1S/C14H15ClF3NO2/c15-12-4-2-1-3-10(12)9-5-6-19(8-14(16,17)18)7-11(9)13(20)21/h1-4,9,11H,5-8H2,(H,20,21)/t9-,11+/m1/s1. The topological polar surface area (TPSA) is 40.5 Å². The first-order chi connectivity index (χ1) is 9.78. The number of hydrogen-bond donors (Lipinski definition) is 1. The lowest BCUT2D eigenvalue weighted by atomic mass is 9.80. The van der Waals surface area contributed by atoms with Gasteiger partial charge in [0.05, 0.1) is 12.5 Å². The van der Waals surface area contributed by atoms with Crippen LogP contribution in [-0.4, -0.2) is 41.8 Å². The fraction of sp³-hybridized carbons (Fsp3) is 0.500. The molecule has 116 valence electrons. The number of hydrogen-bond acceptors (Lipinski definition) is 2. The normalized spacial score (nSPS) is 24.0. The number of alkyl halides is 3. The van der Waals surface area contributed by atoms with E-state index in [2.05, 4.69) is 0 Å². The first-order valence-corrected chi connectivity index (χ1v) is 6.92. The molecule has 1 aromatic carbocycles. The van der Waals surface area contributed by atoms with Crippen molar-refractivity contribution in [1.29, 1.82) is 0 Å². The van der Waals surface area contributed by atoms with Gasteiger partial charge in [0.15, 0.2) is 0 Å². The van der Waals surface area contributed by atoms with Gasteiger partial charge >= 0.3 is 12.1 Å². The Balaban J connectivity index is 2.18. The lowest BCUT2D eigenvalue weighted by molar-refractivity contribution is -0.158. The number of halogens is 4. The Morgan fingerprint density at radius 1 is 1.38 bits per heavy atom. The first-order valence-electron chi connectivity index (χ1n) is 6.54. The lowest BCUT2D eigenvalue weighted by Gasteiger charge is -2.37. The Morgan fingerprint density at radius 3 is 2.62 bits per heavy atom. The summed E-state index contributed by atoms with van der Waals surface area (Å²) in [4.78, 5) is 12.6. The fourth-order valence-corrected chi connectivity index (χ4v) is 3.09. The number of rotatable bonds is 3. The molecular formula is C14H15ClF3NO2. The van der Waals surface area contributed by atoms with Gasteiger partial charge < -0.3 is 5.11 Å². The van der Waals surface area contributed by atoms with E-state index in [1.807, 2.05) is 0 Å². The third-order valence-electron chi connectivity index (χ3n) is 3.72. The number of nitrogens with zero attached hydrogens (tertiary/aromatic N) is 1. The number of carbonyl (C=O) groups is 1.